The first kappa shape index (κ1) is 16.7. The van der Waals surface area contributed by atoms with Crippen LogP contribution in [0.2, 0.25) is 0 Å². The van der Waals surface area contributed by atoms with Gasteiger partial charge in [-0.3, -0.25) is 4.90 Å². The Morgan fingerprint density at radius 3 is 2.67 bits per heavy atom. The minimum Gasteiger partial charge on any atom is -0.463 e. The fourth-order valence-electron chi connectivity index (χ4n) is 3.74. The van der Waals surface area contributed by atoms with Crippen molar-refractivity contribution in [1.29, 1.82) is 0 Å². The molecule has 21 heavy (non-hydrogen) atoms. The Bertz CT molecular complexity index is 371. The summed E-state index contributed by atoms with van der Waals surface area (Å²) >= 11 is 0. The van der Waals surface area contributed by atoms with Gasteiger partial charge in [-0.25, -0.2) is 4.79 Å². The molecule has 2 rings (SSSR count). The normalized spacial score (nSPS) is 30.2. The number of carbonyl (C=O) groups is 1. The van der Waals surface area contributed by atoms with Gasteiger partial charge in [0.25, 0.3) is 0 Å². The lowest BCUT2D eigenvalue weighted by atomic mass is 9.88. The molecule has 0 spiro atoms. The molecule has 0 aliphatic carbocycles. The summed E-state index contributed by atoms with van der Waals surface area (Å²) < 4.78 is 5.39. The number of aliphatic hydroxyl groups is 2. The first-order chi connectivity index (χ1) is 9.84. The summed E-state index contributed by atoms with van der Waals surface area (Å²) in [6.07, 6.45) is 2.53. The molecule has 0 aromatic heterocycles. The predicted octanol–water partition coefficient (Wildman–Crippen LogP) is 1.17. The molecule has 4 atom stereocenters. The number of ether oxygens (including phenoxy) is 1. The lowest BCUT2D eigenvalue weighted by Gasteiger charge is -2.31. The smallest absolute Gasteiger partial charge is 0.340 e. The largest absolute Gasteiger partial charge is 0.463 e. The zero-order valence-electron chi connectivity index (χ0n) is 13.4. The van der Waals surface area contributed by atoms with E-state index in [0.29, 0.717) is 18.6 Å². The molecular weight excluding hydrogens is 270 g/mol. The highest BCUT2D eigenvalue weighted by Crippen LogP contribution is 2.33. The van der Waals surface area contributed by atoms with Gasteiger partial charge in [-0.1, -0.05) is 13.8 Å². The van der Waals surface area contributed by atoms with Crippen LogP contribution in [0.25, 0.3) is 0 Å². The van der Waals surface area contributed by atoms with Crippen molar-refractivity contribution in [3.63, 3.8) is 0 Å². The maximum atomic E-state index is 12.2. The van der Waals surface area contributed by atoms with Crippen LogP contribution in [-0.4, -0.2) is 58.5 Å². The summed E-state index contributed by atoms with van der Waals surface area (Å²) in [5.41, 5.74) is -1.79. The third-order valence-corrected chi connectivity index (χ3v) is 4.94. The number of carbonyl (C=O) groups excluding carboxylic acids is 1. The van der Waals surface area contributed by atoms with Crippen molar-refractivity contribution in [2.45, 2.75) is 64.2 Å². The molecule has 2 N–H and O–H groups in total. The van der Waals surface area contributed by atoms with Gasteiger partial charge in [0.2, 0.25) is 0 Å². The summed E-state index contributed by atoms with van der Waals surface area (Å²) in [5, 5.41) is 20.2. The summed E-state index contributed by atoms with van der Waals surface area (Å²) in [5.74, 6) is -0.203. The molecule has 2 saturated heterocycles. The van der Waals surface area contributed by atoms with Crippen LogP contribution in [0.3, 0.4) is 0 Å². The molecule has 0 saturated carbocycles. The minimum atomic E-state index is -1.79. The molecule has 0 radical (unpaired) electrons. The van der Waals surface area contributed by atoms with E-state index in [4.69, 9.17) is 4.74 Å². The third kappa shape index (κ3) is 3.58. The predicted molar refractivity (Wildman–Crippen MR) is 79.7 cm³/mol. The van der Waals surface area contributed by atoms with Crippen LogP contribution in [0.1, 0.15) is 46.5 Å². The van der Waals surface area contributed by atoms with Gasteiger partial charge in [0, 0.05) is 12.0 Å². The summed E-state index contributed by atoms with van der Waals surface area (Å²) in [7, 11) is 0. The van der Waals surface area contributed by atoms with Gasteiger partial charge in [0.05, 0.1) is 12.7 Å². The zero-order chi connectivity index (χ0) is 15.6. The van der Waals surface area contributed by atoms with Crippen molar-refractivity contribution in [2.24, 2.45) is 11.8 Å². The van der Waals surface area contributed by atoms with Crippen LogP contribution < -0.4 is 0 Å². The number of esters is 1. The fraction of sp³-hybridized carbons (Fsp3) is 0.938. The molecule has 5 nitrogen and oxygen atoms in total. The fourth-order valence-corrected chi connectivity index (χ4v) is 3.74. The van der Waals surface area contributed by atoms with Crippen LogP contribution >= 0.6 is 0 Å². The lowest BCUT2D eigenvalue weighted by molar-refractivity contribution is -0.181. The summed E-state index contributed by atoms with van der Waals surface area (Å²) in [6, 6.07) is 0.530. The zero-order valence-corrected chi connectivity index (χ0v) is 13.4. The van der Waals surface area contributed by atoms with E-state index in [1.807, 2.05) is 13.8 Å². The Kier molecular flexibility index (Phi) is 5.28. The summed E-state index contributed by atoms with van der Waals surface area (Å²) in [6.45, 7) is 7.85. The molecule has 2 fully saturated rings. The molecule has 4 unspecified atom stereocenters. The van der Waals surface area contributed by atoms with E-state index in [0.717, 1.165) is 19.5 Å². The van der Waals surface area contributed by atoms with Crippen LogP contribution in [0.5, 0.6) is 0 Å². The summed E-state index contributed by atoms with van der Waals surface area (Å²) in [4.78, 5) is 14.7. The molecule has 5 heteroatoms. The van der Waals surface area contributed by atoms with Crippen molar-refractivity contribution in [2.75, 3.05) is 19.7 Å². The number of rotatable bonds is 6. The van der Waals surface area contributed by atoms with Crippen molar-refractivity contribution in [3.8, 4) is 0 Å². The van der Waals surface area contributed by atoms with Crippen LogP contribution in [0, 0.1) is 11.8 Å². The van der Waals surface area contributed by atoms with Crippen LogP contribution in [0.4, 0.5) is 0 Å². The first-order valence-corrected chi connectivity index (χ1v) is 8.16. The van der Waals surface area contributed by atoms with Crippen molar-refractivity contribution < 1.29 is 19.7 Å². The van der Waals surface area contributed by atoms with E-state index in [1.165, 1.54) is 19.8 Å². The lowest BCUT2D eigenvalue weighted by Crippen LogP contribution is -2.50. The topological polar surface area (TPSA) is 70.0 Å². The molecule has 122 valence electrons. The van der Waals surface area contributed by atoms with Gasteiger partial charge in [-0.05, 0) is 51.6 Å². The number of nitrogens with zero attached hydrogens (tertiary/aromatic N) is 1. The second-order valence-corrected chi connectivity index (χ2v) is 7.09. The Morgan fingerprint density at radius 2 is 2.05 bits per heavy atom. The van der Waals surface area contributed by atoms with E-state index in [1.54, 1.807) is 0 Å². The quantitative estimate of drug-likeness (QED) is 0.721. The Hall–Kier alpha value is -0.650. The van der Waals surface area contributed by atoms with Crippen molar-refractivity contribution in [1.82, 2.24) is 4.90 Å². The molecule has 2 aliphatic rings. The van der Waals surface area contributed by atoms with Gasteiger partial charge in [-0.2, -0.15) is 0 Å². The Labute approximate surface area is 127 Å². The van der Waals surface area contributed by atoms with Gasteiger partial charge >= 0.3 is 5.97 Å². The molecule has 2 aliphatic heterocycles. The van der Waals surface area contributed by atoms with E-state index < -0.39 is 17.7 Å². The molecule has 0 bridgehead atoms. The maximum Gasteiger partial charge on any atom is 0.340 e. The van der Waals surface area contributed by atoms with Crippen LogP contribution in [-0.2, 0) is 9.53 Å². The third-order valence-electron chi connectivity index (χ3n) is 4.94. The Balaban J connectivity index is 1.90. The molecule has 0 aromatic carbocycles. The number of hydrogen-bond acceptors (Lipinski definition) is 5. The number of hydrogen-bond donors (Lipinski definition) is 2. The average Bonchev–Trinajstić information content (AvgIpc) is 2.97. The maximum absolute atomic E-state index is 12.2. The van der Waals surface area contributed by atoms with Crippen molar-refractivity contribution in [3.05, 3.63) is 0 Å². The standard InChI is InChI=1S/C16H29NO4/c1-11(2)9-16(20,12(3)18)15(19)21-10-13-6-8-17-7-4-5-14(13)17/h11-14,18,20H,4-10H2,1-3H3. The number of aliphatic hydroxyl groups excluding tert-OH is 1. The molecule has 0 aromatic rings. The van der Waals surface area contributed by atoms with Gasteiger partial charge < -0.3 is 14.9 Å². The highest BCUT2D eigenvalue weighted by Gasteiger charge is 2.44. The van der Waals surface area contributed by atoms with Gasteiger partial charge in [0.15, 0.2) is 5.60 Å². The average molecular weight is 299 g/mol. The highest BCUT2D eigenvalue weighted by atomic mass is 16.6. The van der Waals surface area contributed by atoms with Gasteiger partial charge in [-0.15, -0.1) is 0 Å². The van der Waals surface area contributed by atoms with Gasteiger partial charge in [0.1, 0.15) is 0 Å². The van der Waals surface area contributed by atoms with E-state index in [-0.39, 0.29) is 12.3 Å². The van der Waals surface area contributed by atoms with E-state index in [2.05, 4.69) is 4.90 Å². The monoisotopic (exact) mass is 299 g/mol. The van der Waals surface area contributed by atoms with E-state index in [9.17, 15) is 15.0 Å². The minimum absolute atomic E-state index is 0.106. The molecule has 0 amide bonds. The second-order valence-electron chi connectivity index (χ2n) is 7.09. The molecule has 2 heterocycles. The molecular formula is C16H29NO4. The first-order valence-electron chi connectivity index (χ1n) is 8.16. The highest BCUT2D eigenvalue weighted by molar-refractivity contribution is 5.80. The SMILES string of the molecule is CC(C)CC(O)(C(=O)OCC1CCN2CCCC12)C(C)O. The number of fused-ring (bicyclic) bond motifs is 1. The van der Waals surface area contributed by atoms with E-state index >= 15 is 0 Å². The second kappa shape index (κ2) is 6.63. The van der Waals surface area contributed by atoms with Crippen molar-refractivity contribution >= 4 is 5.97 Å². The van der Waals surface area contributed by atoms with Crippen LogP contribution in [0.15, 0.2) is 0 Å². The Morgan fingerprint density at radius 1 is 1.33 bits per heavy atom.